The number of rotatable bonds is 4. The van der Waals surface area contributed by atoms with Crippen molar-refractivity contribution in [2.75, 3.05) is 31.2 Å². The second kappa shape index (κ2) is 7.89. The summed E-state index contributed by atoms with van der Waals surface area (Å²) in [4.78, 5) is 6.59. The molecule has 29 heavy (non-hydrogen) atoms. The van der Waals surface area contributed by atoms with Crippen LogP contribution in [-0.2, 0) is 4.74 Å². The third kappa shape index (κ3) is 3.65. The predicted octanol–water partition coefficient (Wildman–Crippen LogP) is 4.44. The van der Waals surface area contributed by atoms with Crippen molar-refractivity contribution in [1.82, 2.24) is 14.8 Å². The molecule has 5 rings (SSSR count). The molecule has 1 aliphatic rings. The van der Waals surface area contributed by atoms with Crippen molar-refractivity contribution in [1.29, 1.82) is 0 Å². The summed E-state index contributed by atoms with van der Waals surface area (Å²) in [5, 5.41) is 4.58. The molecule has 3 heterocycles. The van der Waals surface area contributed by atoms with Crippen LogP contribution < -0.4 is 4.90 Å². The number of pyridine rings is 1. The zero-order valence-electron chi connectivity index (χ0n) is 16.1. The number of benzene rings is 2. The van der Waals surface area contributed by atoms with Gasteiger partial charge in [-0.15, -0.1) is 0 Å². The standard InChI is InChI=1S/C24H22N4O/c1-3-19(21-5-2-11-25-18-21)17-20(4-1)24-10-12-26-28(24)23-8-6-22(7-9-23)27-13-15-29-16-14-27/h1-12,17-18H,13-16H2. The zero-order chi connectivity index (χ0) is 19.5. The van der Waals surface area contributed by atoms with Gasteiger partial charge in [0.1, 0.15) is 0 Å². The lowest BCUT2D eigenvalue weighted by molar-refractivity contribution is 0.122. The third-order valence-corrected chi connectivity index (χ3v) is 5.27. The number of ether oxygens (including phenoxy) is 1. The summed E-state index contributed by atoms with van der Waals surface area (Å²) in [5.74, 6) is 0. The van der Waals surface area contributed by atoms with Gasteiger partial charge >= 0.3 is 0 Å². The highest BCUT2D eigenvalue weighted by molar-refractivity contribution is 5.72. The van der Waals surface area contributed by atoms with Crippen LogP contribution in [0.25, 0.3) is 28.1 Å². The minimum atomic E-state index is 0.790. The van der Waals surface area contributed by atoms with Gasteiger partial charge in [-0.3, -0.25) is 4.98 Å². The van der Waals surface area contributed by atoms with E-state index in [1.165, 1.54) is 5.69 Å². The van der Waals surface area contributed by atoms with Crippen molar-refractivity contribution in [3.8, 4) is 28.1 Å². The Morgan fingerprint density at radius 2 is 1.48 bits per heavy atom. The average Bonchev–Trinajstić information content (AvgIpc) is 3.31. The normalized spacial score (nSPS) is 14.1. The minimum absolute atomic E-state index is 0.790. The van der Waals surface area contributed by atoms with Crippen LogP contribution in [0.3, 0.4) is 0 Å². The van der Waals surface area contributed by atoms with Crippen LogP contribution >= 0.6 is 0 Å². The Kier molecular flexibility index (Phi) is 4.80. The molecule has 1 aliphatic heterocycles. The van der Waals surface area contributed by atoms with E-state index < -0.39 is 0 Å². The van der Waals surface area contributed by atoms with Gasteiger partial charge in [-0.2, -0.15) is 5.10 Å². The molecule has 0 spiro atoms. The smallest absolute Gasteiger partial charge is 0.0741 e. The Hall–Kier alpha value is -3.44. The van der Waals surface area contributed by atoms with Crippen LogP contribution in [0.5, 0.6) is 0 Å². The number of aromatic nitrogens is 3. The van der Waals surface area contributed by atoms with Gasteiger partial charge in [-0.05, 0) is 48.0 Å². The molecule has 0 saturated carbocycles. The van der Waals surface area contributed by atoms with E-state index in [1.54, 1.807) is 6.20 Å². The fourth-order valence-electron chi connectivity index (χ4n) is 3.75. The van der Waals surface area contributed by atoms with Crippen molar-refractivity contribution in [2.24, 2.45) is 0 Å². The van der Waals surface area contributed by atoms with Crippen LogP contribution in [0, 0.1) is 0 Å². The molecular weight excluding hydrogens is 360 g/mol. The maximum atomic E-state index is 5.45. The summed E-state index contributed by atoms with van der Waals surface area (Å²) in [6.07, 6.45) is 5.53. The topological polar surface area (TPSA) is 43.2 Å². The summed E-state index contributed by atoms with van der Waals surface area (Å²) >= 11 is 0. The van der Waals surface area contributed by atoms with Crippen LogP contribution in [0.4, 0.5) is 5.69 Å². The molecule has 1 saturated heterocycles. The summed E-state index contributed by atoms with van der Waals surface area (Å²) in [6.45, 7) is 3.46. The minimum Gasteiger partial charge on any atom is -0.378 e. The molecule has 2 aromatic heterocycles. The Morgan fingerprint density at radius 3 is 2.28 bits per heavy atom. The first kappa shape index (κ1) is 17.6. The molecule has 4 aromatic rings. The molecule has 144 valence electrons. The van der Waals surface area contributed by atoms with Crippen molar-refractivity contribution >= 4 is 5.69 Å². The van der Waals surface area contributed by atoms with E-state index in [-0.39, 0.29) is 0 Å². The average molecular weight is 382 g/mol. The van der Waals surface area contributed by atoms with E-state index >= 15 is 0 Å². The molecule has 0 bridgehead atoms. The maximum Gasteiger partial charge on any atom is 0.0741 e. The lowest BCUT2D eigenvalue weighted by atomic mass is 10.0. The summed E-state index contributed by atoms with van der Waals surface area (Å²) in [7, 11) is 0. The number of hydrogen-bond donors (Lipinski definition) is 0. The first-order valence-electron chi connectivity index (χ1n) is 9.86. The van der Waals surface area contributed by atoms with E-state index in [0.717, 1.165) is 54.4 Å². The molecule has 0 atom stereocenters. The molecule has 0 aliphatic carbocycles. The van der Waals surface area contributed by atoms with Crippen LogP contribution in [0.15, 0.2) is 85.3 Å². The number of nitrogens with zero attached hydrogens (tertiary/aromatic N) is 4. The molecule has 5 heteroatoms. The van der Waals surface area contributed by atoms with E-state index in [1.807, 2.05) is 23.1 Å². The second-order valence-electron chi connectivity index (χ2n) is 7.07. The van der Waals surface area contributed by atoms with E-state index in [9.17, 15) is 0 Å². The molecule has 5 nitrogen and oxygen atoms in total. The Morgan fingerprint density at radius 1 is 0.724 bits per heavy atom. The molecule has 1 fully saturated rings. The van der Waals surface area contributed by atoms with Gasteiger partial charge < -0.3 is 9.64 Å². The zero-order valence-corrected chi connectivity index (χ0v) is 16.1. The first-order valence-corrected chi connectivity index (χ1v) is 9.86. The fraction of sp³-hybridized carbons (Fsp3) is 0.167. The lowest BCUT2D eigenvalue weighted by Gasteiger charge is -2.28. The Balaban J connectivity index is 1.46. The molecule has 0 unspecified atom stereocenters. The van der Waals surface area contributed by atoms with E-state index in [4.69, 9.17) is 4.74 Å². The van der Waals surface area contributed by atoms with Crippen molar-refractivity contribution in [3.05, 3.63) is 85.3 Å². The Labute approximate surface area is 170 Å². The lowest BCUT2D eigenvalue weighted by Crippen LogP contribution is -2.36. The monoisotopic (exact) mass is 382 g/mol. The largest absolute Gasteiger partial charge is 0.378 e. The van der Waals surface area contributed by atoms with E-state index in [2.05, 4.69) is 75.6 Å². The van der Waals surface area contributed by atoms with Gasteiger partial charge in [-0.1, -0.05) is 24.3 Å². The van der Waals surface area contributed by atoms with Gasteiger partial charge in [-0.25, -0.2) is 4.68 Å². The number of morpholine rings is 1. The van der Waals surface area contributed by atoms with Gasteiger partial charge in [0.15, 0.2) is 0 Å². The van der Waals surface area contributed by atoms with Crippen molar-refractivity contribution < 1.29 is 4.74 Å². The summed E-state index contributed by atoms with van der Waals surface area (Å²) in [5.41, 5.74) is 6.72. The summed E-state index contributed by atoms with van der Waals surface area (Å²) in [6, 6.07) is 23.2. The predicted molar refractivity (Wildman–Crippen MR) is 115 cm³/mol. The highest BCUT2D eigenvalue weighted by Gasteiger charge is 2.13. The van der Waals surface area contributed by atoms with Gasteiger partial charge in [0.25, 0.3) is 0 Å². The highest BCUT2D eigenvalue weighted by Crippen LogP contribution is 2.28. The van der Waals surface area contributed by atoms with Crippen LogP contribution in [-0.4, -0.2) is 41.1 Å². The highest BCUT2D eigenvalue weighted by atomic mass is 16.5. The molecule has 0 radical (unpaired) electrons. The van der Waals surface area contributed by atoms with Gasteiger partial charge in [0.05, 0.1) is 30.8 Å². The van der Waals surface area contributed by atoms with Crippen molar-refractivity contribution in [3.63, 3.8) is 0 Å². The number of anilines is 1. The number of hydrogen-bond acceptors (Lipinski definition) is 4. The Bertz CT molecular complexity index is 1080. The molecular formula is C24H22N4O. The van der Waals surface area contributed by atoms with Crippen LogP contribution in [0.2, 0.25) is 0 Å². The molecule has 0 amide bonds. The first-order chi connectivity index (χ1) is 14.4. The van der Waals surface area contributed by atoms with Crippen molar-refractivity contribution in [2.45, 2.75) is 0 Å². The van der Waals surface area contributed by atoms with Gasteiger partial charge in [0.2, 0.25) is 0 Å². The quantitative estimate of drug-likeness (QED) is 0.523. The second-order valence-corrected chi connectivity index (χ2v) is 7.07. The van der Waals surface area contributed by atoms with Gasteiger partial charge in [0, 0.05) is 42.3 Å². The SMILES string of the molecule is c1cncc(-c2cccc(-c3ccnn3-c3ccc(N4CCOCC4)cc3)c2)c1. The maximum absolute atomic E-state index is 5.45. The third-order valence-electron chi connectivity index (χ3n) is 5.27. The molecule has 0 N–H and O–H groups in total. The summed E-state index contributed by atoms with van der Waals surface area (Å²) < 4.78 is 7.44. The van der Waals surface area contributed by atoms with E-state index in [0.29, 0.717) is 0 Å². The fourth-order valence-corrected chi connectivity index (χ4v) is 3.75. The molecule has 2 aromatic carbocycles. The van der Waals surface area contributed by atoms with Crippen LogP contribution in [0.1, 0.15) is 0 Å².